The third kappa shape index (κ3) is 4.83. The van der Waals surface area contributed by atoms with Crippen LogP contribution in [0.1, 0.15) is 23.7 Å². The highest BCUT2D eigenvalue weighted by molar-refractivity contribution is 9.10. The number of hydrogen-bond donors (Lipinski definition) is 0. The lowest BCUT2D eigenvalue weighted by atomic mass is 10.2. The van der Waals surface area contributed by atoms with Gasteiger partial charge in [0, 0.05) is 11.4 Å². The van der Waals surface area contributed by atoms with Gasteiger partial charge in [0.05, 0.1) is 31.6 Å². The fourth-order valence-corrected chi connectivity index (χ4v) is 3.19. The van der Waals surface area contributed by atoms with E-state index in [2.05, 4.69) is 20.9 Å². The van der Waals surface area contributed by atoms with Crippen LogP contribution in [0.25, 0.3) is 0 Å². The van der Waals surface area contributed by atoms with Gasteiger partial charge in [0.15, 0.2) is 5.69 Å². The van der Waals surface area contributed by atoms with Crippen molar-refractivity contribution in [2.45, 2.75) is 19.4 Å². The third-order valence-corrected chi connectivity index (χ3v) is 4.60. The Morgan fingerprint density at radius 3 is 2.50 bits per heavy atom. The maximum Gasteiger partial charge on any atom is 0.297 e. The van der Waals surface area contributed by atoms with E-state index in [-0.39, 0.29) is 17.9 Å². The fraction of sp³-hybridized carbons (Fsp3) is 0.190. The number of rotatable bonds is 6. The average molecular weight is 476 g/mol. The lowest BCUT2D eigenvalue weighted by molar-refractivity contribution is 0.0101. The summed E-state index contributed by atoms with van der Waals surface area (Å²) in [6, 6.07) is 13.3. The molecule has 0 spiro atoms. The number of halogens is 3. The molecule has 3 aromatic rings. The highest BCUT2D eigenvalue weighted by Crippen LogP contribution is 2.33. The average Bonchev–Trinajstić information content (AvgIpc) is 2.70. The van der Waals surface area contributed by atoms with E-state index in [1.165, 1.54) is 29.9 Å². The Morgan fingerprint density at radius 2 is 1.90 bits per heavy atom. The summed E-state index contributed by atoms with van der Waals surface area (Å²) in [6.45, 7) is 0.737. The first-order chi connectivity index (χ1) is 14.2. The molecule has 0 unspecified atom stereocenters. The molecule has 0 aliphatic heterocycles. The Balaban J connectivity index is 2.05. The first-order valence-electron chi connectivity index (χ1n) is 8.70. The molecule has 3 rings (SSSR count). The summed E-state index contributed by atoms with van der Waals surface area (Å²) < 4.78 is 40.5. The number of methoxy groups -OCH3 is 1. The first-order valence-corrected chi connectivity index (χ1v) is 9.50. The Morgan fingerprint density at radius 1 is 1.20 bits per heavy atom. The van der Waals surface area contributed by atoms with Gasteiger partial charge in [-0.2, -0.15) is 14.0 Å². The number of aromatic nitrogens is 2. The fourth-order valence-electron chi connectivity index (χ4n) is 2.72. The molecule has 2 aromatic carbocycles. The Labute approximate surface area is 179 Å². The number of nitriles is 1. The summed E-state index contributed by atoms with van der Waals surface area (Å²) in [4.78, 5) is 16.8. The maximum absolute atomic E-state index is 14.1. The van der Waals surface area contributed by atoms with Crippen molar-refractivity contribution < 1.29 is 18.3 Å². The third-order valence-electron chi connectivity index (χ3n) is 4.14. The van der Waals surface area contributed by atoms with E-state index in [9.17, 15) is 13.6 Å². The second kappa shape index (κ2) is 8.63. The minimum Gasteiger partial charge on any atom is -0.497 e. The standard InChI is InChI=1S/C21H16BrF2N3O3/c1-21(23,24)19-18(30-17-8-14(10-25)7-15(22)9-17)20(28)27(12-26-19)11-13-3-5-16(29-2)6-4-13/h3-9,12H,11H2,1-2H3. The van der Waals surface area contributed by atoms with E-state index in [4.69, 9.17) is 14.7 Å². The summed E-state index contributed by atoms with van der Waals surface area (Å²) >= 11 is 3.23. The molecule has 0 aliphatic carbocycles. The minimum absolute atomic E-state index is 0.0625. The number of hydrogen-bond acceptors (Lipinski definition) is 5. The molecule has 9 heteroatoms. The van der Waals surface area contributed by atoms with E-state index in [0.717, 1.165) is 11.9 Å². The Hall–Kier alpha value is -3.25. The molecular formula is C21H16BrF2N3O3. The molecule has 0 radical (unpaired) electrons. The van der Waals surface area contributed by atoms with Crippen LogP contribution in [-0.2, 0) is 12.5 Å². The molecule has 0 saturated carbocycles. The van der Waals surface area contributed by atoms with E-state index in [1.54, 1.807) is 24.3 Å². The van der Waals surface area contributed by atoms with Gasteiger partial charge < -0.3 is 9.47 Å². The van der Waals surface area contributed by atoms with Crippen LogP contribution >= 0.6 is 15.9 Å². The molecule has 0 bridgehead atoms. The summed E-state index contributed by atoms with van der Waals surface area (Å²) in [5.41, 5.74) is -0.560. The molecule has 1 aromatic heterocycles. The van der Waals surface area contributed by atoms with Crippen LogP contribution in [0, 0.1) is 11.3 Å². The van der Waals surface area contributed by atoms with Gasteiger partial charge in [0.25, 0.3) is 11.5 Å². The van der Waals surface area contributed by atoms with Crippen molar-refractivity contribution in [1.29, 1.82) is 5.26 Å². The van der Waals surface area contributed by atoms with Crippen molar-refractivity contribution in [3.8, 4) is 23.3 Å². The zero-order valence-corrected chi connectivity index (χ0v) is 17.6. The topological polar surface area (TPSA) is 77.1 Å². The molecule has 0 N–H and O–H groups in total. The van der Waals surface area contributed by atoms with Crippen molar-refractivity contribution >= 4 is 15.9 Å². The zero-order valence-electron chi connectivity index (χ0n) is 16.0. The molecule has 154 valence electrons. The van der Waals surface area contributed by atoms with Crippen molar-refractivity contribution in [1.82, 2.24) is 9.55 Å². The van der Waals surface area contributed by atoms with Crippen LogP contribution < -0.4 is 15.0 Å². The molecule has 30 heavy (non-hydrogen) atoms. The number of alkyl halides is 2. The normalized spacial score (nSPS) is 11.1. The van der Waals surface area contributed by atoms with Crippen LogP contribution in [0.3, 0.4) is 0 Å². The van der Waals surface area contributed by atoms with Crippen molar-refractivity contribution in [2.24, 2.45) is 0 Å². The molecule has 6 nitrogen and oxygen atoms in total. The van der Waals surface area contributed by atoms with Crippen LogP contribution in [0.5, 0.6) is 17.2 Å². The number of nitrogens with zero attached hydrogens (tertiary/aromatic N) is 3. The molecular weight excluding hydrogens is 460 g/mol. The summed E-state index contributed by atoms with van der Waals surface area (Å²) in [6.07, 6.45) is 1.06. The maximum atomic E-state index is 14.1. The molecule has 0 amide bonds. The van der Waals surface area contributed by atoms with Gasteiger partial charge in [-0.1, -0.05) is 28.1 Å². The molecule has 1 heterocycles. The first kappa shape index (κ1) is 21.5. The van der Waals surface area contributed by atoms with Gasteiger partial charge in [0.2, 0.25) is 5.75 Å². The lowest BCUT2D eigenvalue weighted by Gasteiger charge is -2.17. The van der Waals surface area contributed by atoms with E-state index >= 15 is 0 Å². The molecule has 0 atom stereocenters. The number of ether oxygens (including phenoxy) is 2. The second-order valence-corrected chi connectivity index (χ2v) is 7.40. The summed E-state index contributed by atoms with van der Waals surface area (Å²) in [5.74, 6) is -3.29. The predicted octanol–water partition coefficient (Wildman–Crippen LogP) is 4.84. The quantitative estimate of drug-likeness (QED) is 0.509. The van der Waals surface area contributed by atoms with Crippen molar-refractivity contribution in [2.75, 3.05) is 7.11 Å². The SMILES string of the molecule is COc1ccc(Cn2cnc(C(C)(F)F)c(Oc3cc(Br)cc(C#N)c3)c2=O)cc1. The van der Waals surface area contributed by atoms with E-state index in [0.29, 0.717) is 17.1 Å². The van der Waals surface area contributed by atoms with Gasteiger partial charge in [-0.05, 0) is 35.9 Å². The van der Waals surface area contributed by atoms with Crippen LogP contribution in [-0.4, -0.2) is 16.7 Å². The van der Waals surface area contributed by atoms with Gasteiger partial charge in [-0.3, -0.25) is 9.36 Å². The van der Waals surface area contributed by atoms with Gasteiger partial charge in [0.1, 0.15) is 11.5 Å². The molecule has 0 aliphatic rings. The van der Waals surface area contributed by atoms with Crippen molar-refractivity contribution in [3.63, 3.8) is 0 Å². The Bertz CT molecular complexity index is 1170. The van der Waals surface area contributed by atoms with Gasteiger partial charge >= 0.3 is 0 Å². The van der Waals surface area contributed by atoms with Gasteiger partial charge in [-0.25, -0.2) is 4.98 Å². The largest absolute Gasteiger partial charge is 0.497 e. The zero-order chi connectivity index (χ0) is 21.9. The second-order valence-electron chi connectivity index (χ2n) is 6.48. The summed E-state index contributed by atoms with van der Waals surface area (Å²) in [7, 11) is 1.54. The van der Waals surface area contributed by atoms with E-state index < -0.39 is 22.9 Å². The highest BCUT2D eigenvalue weighted by atomic mass is 79.9. The van der Waals surface area contributed by atoms with Crippen LogP contribution in [0.4, 0.5) is 8.78 Å². The summed E-state index contributed by atoms with van der Waals surface area (Å²) in [5, 5.41) is 9.10. The molecule has 0 fully saturated rings. The van der Waals surface area contributed by atoms with Crippen molar-refractivity contribution in [3.05, 3.63) is 80.4 Å². The minimum atomic E-state index is -3.40. The highest BCUT2D eigenvalue weighted by Gasteiger charge is 2.33. The Kier molecular flexibility index (Phi) is 6.17. The number of benzene rings is 2. The predicted molar refractivity (Wildman–Crippen MR) is 109 cm³/mol. The monoisotopic (exact) mass is 475 g/mol. The smallest absolute Gasteiger partial charge is 0.297 e. The lowest BCUT2D eigenvalue weighted by Crippen LogP contribution is -2.27. The van der Waals surface area contributed by atoms with Crippen LogP contribution in [0.2, 0.25) is 0 Å². The van der Waals surface area contributed by atoms with Crippen LogP contribution in [0.15, 0.2) is 58.1 Å². The molecule has 0 saturated heterocycles. The van der Waals surface area contributed by atoms with Gasteiger partial charge in [-0.15, -0.1) is 0 Å². The van der Waals surface area contributed by atoms with E-state index in [1.807, 2.05) is 6.07 Å².